The number of rotatable bonds is 6. The molecule has 1 atom stereocenters. The molecule has 0 saturated carbocycles. The fourth-order valence-corrected chi connectivity index (χ4v) is 4.42. The van der Waals surface area contributed by atoms with E-state index >= 15 is 0 Å². The predicted molar refractivity (Wildman–Crippen MR) is 104 cm³/mol. The Hall–Kier alpha value is -1.40. The van der Waals surface area contributed by atoms with Crippen molar-refractivity contribution in [1.29, 1.82) is 0 Å². The van der Waals surface area contributed by atoms with E-state index < -0.39 is 0 Å². The lowest BCUT2D eigenvalue weighted by molar-refractivity contribution is -0.137. The summed E-state index contributed by atoms with van der Waals surface area (Å²) in [5, 5.41) is 7.42. The van der Waals surface area contributed by atoms with Crippen molar-refractivity contribution in [3.8, 4) is 0 Å². The first-order valence-electron chi connectivity index (χ1n) is 10.3. The Morgan fingerprint density at radius 1 is 1.31 bits per heavy atom. The van der Waals surface area contributed by atoms with Crippen molar-refractivity contribution in [2.24, 2.45) is 5.92 Å². The number of hydrogen-bond acceptors (Lipinski definition) is 4. The highest BCUT2D eigenvalue weighted by Gasteiger charge is 2.32. The maximum absolute atomic E-state index is 13.0. The van der Waals surface area contributed by atoms with Crippen LogP contribution in [0.3, 0.4) is 0 Å². The molecule has 2 aliphatic heterocycles. The summed E-state index contributed by atoms with van der Waals surface area (Å²) in [4.78, 5) is 19.8. The van der Waals surface area contributed by atoms with Crippen LogP contribution >= 0.6 is 0 Å². The first-order valence-corrected chi connectivity index (χ1v) is 10.3. The summed E-state index contributed by atoms with van der Waals surface area (Å²) in [5.41, 5.74) is 2.13. The van der Waals surface area contributed by atoms with Gasteiger partial charge in [0.25, 0.3) is 0 Å². The molecule has 0 bridgehead atoms. The Balaban J connectivity index is 1.52. The monoisotopic (exact) mass is 361 g/mol. The third kappa shape index (κ3) is 4.86. The number of aromatic amines is 1. The molecule has 0 aliphatic carbocycles. The molecule has 6 heteroatoms. The second-order valence-corrected chi connectivity index (χ2v) is 8.20. The zero-order chi connectivity index (χ0) is 18.5. The summed E-state index contributed by atoms with van der Waals surface area (Å²) >= 11 is 0. The van der Waals surface area contributed by atoms with Gasteiger partial charge in [0.05, 0.1) is 23.9 Å². The third-order valence-electron chi connectivity index (χ3n) is 5.98. The van der Waals surface area contributed by atoms with Crippen molar-refractivity contribution in [3.63, 3.8) is 0 Å². The highest BCUT2D eigenvalue weighted by Crippen LogP contribution is 2.25. The largest absolute Gasteiger partial charge is 0.340 e. The van der Waals surface area contributed by atoms with Crippen molar-refractivity contribution < 1.29 is 4.79 Å². The number of piperidine rings is 2. The number of nitrogens with one attached hydrogen (secondary N) is 1. The number of H-pyrrole nitrogens is 1. The first kappa shape index (κ1) is 19.4. The summed E-state index contributed by atoms with van der Waals surface area (Å²) in [6.45, 7) is 7.23. The number of carbonyl (C=O) groups is 1. The molecular formula is C20H35N5O. The van der Waals surface area contributed by atoms with Gasteiger partial charge in [-0.3, -0.25) is 14.8 Å². The number of carbonyl (C=O) groups excluding carboxylic acids is 1. The lowest BCUT2D eigenvalue weighted by Gasteiger charge is -2.41. The van der Waals surface area contributed by atoms with Crippen LogP contribution in [-0.4, -0.2) is 77.1 Å². The molecule has 3 rings (SSSR count). The molecule has 2 aliphatic rings. The maximum Gasteiger partial charge on any atom is 0.227 e. The van der Waals surface area contributed by atoms with Crippen LogP contribution < -0.4 is 0 Å². The van der Waals surface area contributed by atoms with Gasteiger partial charge in [-0.05, 0) is 64.9 Å². The SMILES string of the molecule is CCCc1cc(CN(C)C(=O)[C@H]2CCCN(C3CCN(C)CC3)C2)[nH]n1. The molecule has 0 spiro atoms. The van der Waals surface area contributed by atoms with Crippen molar-refractivity contribution >= 4 is 5.91 Å². The standard InChI is InChI=1S/C20H35N5O/c1-4-6-17-13-18(22-21-17)15-24(3)20(26)16-7-5-10-25(14-16)19-8-11-23(2)12-9-19/h13,16,19H,4-12,14-15H2,1-3H3,(H,21,22)/t16-/m0/s1. The Kier molecular flexibility index (Phi) is 6.70. The fraction of sp³-hybridized carbons (Fsp3) is 0.800. The van der Waals surface area contributed by atoms with Crippen LogP contribution in [0.25, 0.3) is 0 Å². The molecule has 146 valence electrons. The topological polar surface area (TPSA) is 55.5 Å². The van der Waals surface area contributed by atoms with Crippen molar-refractivity contribution in [1.82, 2.24) is 24.9 Å². The Bertz CT molecular complexity index is 579. The number of aromatic nitrogens is 2. The molecule has 6 nitrogen and oxygen atoms in total. The quantitative estimate of drug-likeness (QED) is 0.843. The number of nitrogens with zero attached hydrogens (tertiary/aromatic N) is 4. The average molecular weight is 362 g/mol. The fourth-order valence-electron chi connectivity index (χ4n) is 4.42. The Labute approximate surface area is 157 Å². The molecule has 1 amide bonds. The van der Waals surface area contributed by atoms with Gasteiger partial charge in [0.2, 0.25) is 5.91 Å². The van der Waals surface area contributed by atoms with E-state index in [9.17, 15) is 4.79 Å². The predicted octanol–water partition coefficient (Wildman–Crippen LogP) is 2.13. The molecule has 0 radical (unpaired) electrons. The van der Waals surface area contributed by atoms with Gasteiger partial charge in [0.1, 0.15) is 0 Å². The molecular weight excluding hydrogens is 326 g/mol. The molecule has 3 heterocycles. The molecule has 1 aromatic rings. The lowest BCUT2D eigenvalue weighted by Crippen LogP contribution is -2.50. The minimum Gasteiger partial charge on any atom is -0.340 e. The molecule has 2 fully saturated rings. The van der Waals surface area contributed by atoms with Gasteiger partial charge in [0, 0.05) is 19.6 Å². The molecule has 1 aromatic heterocycles. The highest BCUT2D eigenvalue weighted by atomic mass is 16.2. The Morgan fingerprint density at radius 2 is 2.08 bits per heavy atom. The maximum atomic E-state index is 13.0. The van der Waals surface area contributed by atoms with E-state index in [1.54, 1.807) is 0 Å². The van der Waals surface area contributed by atoms with E-state index in [1.807, 2.05) is 11.9 Å². The third-order valence-corrected chi connectivity index (χ3v) is 5.98. The Morgan fingerprint density at radius 3 is 2.81 bits per heavy atom. The number of amides is 1. The summed E-state index contributed by atoms with van der Waals surface area (Å²) in [6, 6.07) is 2.76. The molecule has 26 heavy (non-hydrogen) atoms. The van der Waals surface area contributed by atoms with Gasteiger partial charge in [-0.1, -0.05) is 13.3 Å². The molecule has 1 N–H and O–H groups in total. The number of hydrogen-bond donors (Lipinski definition) is 1. The molecule has 0 unspecified atom stereocenters. The molecule has 0 aromatic carbocycles. The smallest absolute Gasteiger partial charge is 0.227 e. The van der Waals surface area contributed by atoms with Crippen LogP contribution in [-0.2, 0) is 17.8 Å². The summed E-state index contributed by atoms with van der Waals surface area (Å²) in [5.74, 6) is 0.431. The minimum atomic E-state index is 0.145. The van der Waals surface area contributed by atoms with E-state index in [2.05, 4.69) is 40.0 Å². The molecule has 2 saturated heterocycles. The lowest BCUT2D eigenvalue weighted by atomic mass is 9.93. The van der Waals surface area contributed by atoms with E-state index in [1.165, 1.54) is 25.9 Å². The van der Waals surface area contributed by atoms with Gasteiger partial charge >= 0.3 is 0 Å². The number of aryl methyl sites for hydroxylation is 1. The van der Waals surface area contributed by atoms with Crippen LogP contribution in [0.2, 0.25) is 0 Å². The number of likely N-dealkylation sites (tertiary alicyclic amines) is 2. The van der Waals surface area contributed by atoms with E-state index in [0.717, 1.165) is 50.2 Å². The van der Waals surface area contributed by atoms with E-state index in [4.69, 9.17) is 0 Å². The van der Waals surface area contributed by atoms with Gasteiger partial charge in [-0.15, -0.1) is 0 Å². The zero-order valence-electron chi connectivity index (χ0n) is 16.7. The second-order valence-electron chi connectivity index (χ2n) is 8.20. The van der Waals surface area contributed by atoms with Crippen LogP contribution in [0.1, 0.15) is 50.4 Å². The van der Waals surface area contributed by atoms with E-state index in [0.29, 0.717) is 12.6 Å². The normalized spacial score (nSPS) is 23.3. The van der Waals surface area contributed by atoms with Crippen molar-refractivity contribution in [2.75, 3.05) is 40.3 Å². The zero-order valence-corrected chi connectivity index (χ0v) is 16.7. The summed E-state index contributed by atoms with van der Waals surface area (Å²) in [6.07, 6.45) is 6.72. The summed E-state index contributed by atoms with van der Waals surface area (Å²) in [7, 11) is 4.13. The first-order chi connectivity index (χ1) is 12.6. The van der Waals surface area contributed by atoms with Crippen LogP contribution in [0.5, 0.6) is 0 Å². The second kappa shape index (κ2) is 9.00. The van der Waals surface area contributed by atoms with Crippen LogP contribution in [0.15, 0.2) is 6.07 Å². The van der Waals surface area contributed by atoms with Gasteiger partial charge in [0.15, 0.2) is 0 Å². The average Bonchev–Trinajstić information content (AvgIpc) is 3.09. The van der Waals surface area contributed by atoms with Gasteiger partial charge < -0.3 is 9.80 Å². The van der Waals surface area contributed by atoms with Gasteiger partial charge in [-0.25, -0.2) is 0 Å². The van der Waals surface area contributed by atoms with Crippen LogP contribution in [0, 0.1) is 5.92 Å². The van der Waals surface area contributed by atoms with Crippen molar-refractivity contribution in [3.05, 3.63) is 17.5 Å². The van der Waals surface area contributed by atoms with E-state index in [-0.39, 0.29) is 11.8 Å². The highest BCUT2D eigenvalue weighted by molar-refractivity contribution is 5.78. The van der Waals surface area contributed by atoms with Gasteiger partial charge in [-0.2, -0.15) is 5.10 Å². The van der Waals surface area contributed by atoms with Crippen molar-refractivity contribution in [2.45, 2.75) is 58.0 Å². The van der Waals surface area contributed by atoms with Crippen LogP contribution in [0.4, 0.5) is 0 Å². The minimum absolute atomic E-state index is 0.145. The summed E-state index contributed by atoms with van der Waals surface area (Å²) < 4.78 is 0.